The molecule has 1 amide bonds. The van der Waals surface area contributed by atoms with Gasteiger partial charge in [0.1, 0.15) is 5.60 Å². The summed E-state index contributed by atoms with van der Waals surface area (Å²) in [7, 11) is 0. The van der Waals surface area contributed by atoms with Crippen molar-refractivity contribution in [1.29, 1.82) is 0 Å². The number of aliphatic hydroxyl groups is 1. The van der Waals surface area contributed by atoms with Crippen molar-refractivity contribution in [3.8, 4) is 11.3 Å². The van der Waals surface area contributed by atoms with Gasteiger partial charge in [0.25, 0.3) is 5.91 Å². The standard InChI is InChI=1S/C21H20N2O3/c24-20(18-13-19(26-23-18)15-7-3-1-4-8-15)22-14-21(25,17-11-12-17)16-9-5-2-6-10-16/h1-10,13,17,25H,11-12,14H2,(H,22,24). The summed E-state index contributed by atoms with van der Waals surface area (Å²) in [5.74, 6) is 0.351. The van der Waals surface area contributed by atoms with Gasteiger partial charge in [-0.05, 0) is 24.3 Å². The molecular formula is C21H20N2O3. The fraction of sp³-hybridized carbons (Fsp3) is 0.238. The van der Waals surface area contributed by atoms with Gasteiger partial charge in [-0.2, -0.15) is 0 Å². The molecule has 5 nitrogen and oxygen atoms in total. The smallest absolute Gasteiger partial charge is 0.273 e. The maximum atomic E-state index is 12.5. The minimum atomic E-state index is -1.05. The van der Waals surface area contributed by atoms with Gasteiger partial charge in [0.05, 0.1) is 6.54 Å². The van der Waals surface area contributed by atoms with Gasteiger partial charge in [0.15, 0.2) is 11.5 Å². The van der Waals surface area contributed by atoms with Crippen LogP contribution in [-0.2, 0) is 5.60 Å². The first-order valence-corrected chi connectivity index (χ1v) is 8.75. The van der Waals surface area contributed by atoms with Gasteiger partial charge in [-0.15, -0.1) is 0 Å². The van der Waals surface area contributed by atoms with E-state index in [0.29, 0.717) is 5.76 Å². The van der Waals surface area contributed by atoms with Gasteiger partial charge in [-0.3, -0.25) is 4.79 Å². The predicted molar refractivity (Wildman–Crippen MR) is 97.3 cm³/mol. The van der Waals surface area contributed by atoms with Gasteiger partial charge in [-0.25, -0.2) is 0 Å². The average Bonchev–Trinajstić information content (AvgIpc) is 3.44. The van der Waals surface area contributed by atoms with Gasteiger partial charge >= 0.3 is 0 Å². The lowest BCUT2D eigenvalue weighted by Gasteiger charge is -2.29. The molecule has 1 aliphatic carbocycles. The Morgan fingerprint density at radius 1 is 1.12 bits per heavy atom. The van der Waals surface area contributed by atoms with E-state index in [0.717, 1.165) is 24.0 Å². The van der Waals surface area contributed by atoms with Crippen LogP contribution in [0.3, 0.4) is 0 Å². The largest absolute Gasteiger partial charge is 0.383 e. The summed E-state index contributed by atoms with van der Waals surface area (Å²) < 4.78 is 5.27. The Balaban J connectivity index is 1.47. The van der Waals surface area contributed by atoms with Crippen LogP contribution in [0.5, 0.6) is 0 Å². The zero-order valence-corrected chi connectivity index (χ0v) is 14.3. The summed E-state index contributed by atoms with van der Waals surface area (Å²) in [6, 6.07) is 20.6. The molecular weight excluding hydrogens is 328 g/mol. The highest BCUT2D eigenvalue weighted by Crippen LogP contribution is 2.45. The second kappa shape index (κ2) is 6.77. The van der Waals surface area contributed by atoms with E-state index in [1.807, 2.05) is 60.7 Å². The van der Waals surface area contributed by atoms with Crippen LogP contribution in [0.1, 0.15) is 28.9 Å². The first-order valence-electron chi connectivity index (χ1n) is 8.75. The van der Waals surface area contributed by atoms with Crippen molar-refractivity contribution >= 4 is 5.91 Å². The summed E-state index contributed by atoms with van der Waals surface area (Å²) >= 11 is 0. The molecule has 1 saturated carbocycles. The zero-order valence-electron chi connectivity index (χ0n) is 14.3. The normalized spacial score (nSPS) is 16.0. The molecule has 2 N–H and O–H groups in total. The van der Waals surface area contributed by atoms with Crippen LogP contribution in [0.4, 0.5) is 0 Å². The number of rotatable bonds is 6. The van der Waals surface area contributed by atoms with Crippen molar-refractivity contribution in [2.24, 2.45) is 5.92 Å². The zero-order chi connectivity index (χ0) is 18.0. The van der Waals surface area contributed by atoms with E-state index in [4.69, 9.17) is 4.52 Å². The number of benzene rings is 2. The van der Waals surface area contributed by atoms with Crippen LogP contribution in [0.15, 0.2) is 71.3 Å². The van der Waals surface area contributed by atoms with E-state index in [-0.39, 0.29) is 24.1 Å². The van der Waals surface area contributed by atoms with E-state index < -0.39 is 5.60 Å². The number of carbonyl (C=O) groups excluding carboxylic acids is 1. The van der Waals surface area contributed by atoms with Gasteiger partial charge in [0.2, 0.25) is 0 Å². The van der Waals surface area contributed by atoms with Crippen molar-refractivity contribution in [3.63, 3.8) is 0 Å². The van der Waals surface area contributed by atoms with Crippen LogP contribution >= 0.6 is 0 Å². The molecule has 0 radical (unpaired) electrons. The van der Waals surface area contributed by atoms with Gasteiger partial charge in [-0.1, -0.05) is 65.8 Å². The summed E-state index contributed by atoms with van der Waals surface area (Å²) in [4.78, 5) is 12.5. The molecule has 1 aromatic heterocycles. The Kier molecular flexibility index (Phi) is 4.31. The fourth-order valence-corrected chi connectivity index (χ4v) is 3.20. The minimum absolute atomic E-state index is 0.147. The molecule has 0 aliphatic heterocycles. The summed E-state index contributed by atoms with van der Waals surface area (Å²) in [5, 5.41) is 17.8. The lowest BCUT2D eigenvalue weighted by molar-refractivity contribution is 0.0134. The molecule has 132 valence electrons. The molecule has 3 aromatic rings. The van der Waals surface area contributed by atoms with Crippen LogP contribution in [0.25, 0.3) is 11.3 Å². The van der Waals surface area contributed by atoms with Crippen molar-refractivity contribution in [1.82, 2.24) is 10.5 Å². The van der Waals surface area contributed by atoms with Gasteiger partial charge < -0.3 is 14.9 Å². The lowest BCUT2D eigenvalue weighted by atomic mass is 9.88. The Morgan fingerprint density at radius 2 is 1.77 bits per heavy atom. The molecule has 2 aromatic carbocycles. The van der Waals surface area contributed by atoms with Crippen LogP contribution in [0, 0.1) is 5.92 Å². The van der Waals surface area contributed by atoms with E-state index in [1.165, 1.54) is 0 Å². The van der Waals surface area contributed by atoms with Crippen molar-refractivity contribution in [2.45, 2.75) is 18.4 Å². The molecule has 0 spiro atoms. The fourth-order valence-electron chi connectivity index (χ4n) is 3.20. The third-order valence-corrected chi connectivity index (χ3v) is 4.85. The second-order valence-corrected chi connectivity index (χ2v) is 6.69. The predicted octanol–water partition coefficient (Wildman–Crippen LogP) is 3.37. The first kappa shape index (κ1) is 16.5. The number of nitrogens with one attached hydrogen (secondary N) is 1. The highest BCUT2D eigenvalue weighted by atomic mass is 16.5. The minimum Gasteiger partial charge on any atom is -0.383 e. The van der Waals surface area contributed by atoms with Crippen molar-refractivity contribution in [3.05, 3.63) is 78.0 Å². The quantitative estimate of drug-likeness (QED) is 0.716. The molecule has 5 heteroatoms. The third-order valence-electron chi connectivity index (χ3n) is 4.85. The van der Waals surface area contributed by atoms with E-state index >= 15 is 0 Å². The Hall–Kier alpha value is -2.92. The molecule has 1 unspecified atom stereocenters. The highest BCUT2D eigenvalue weighted by molar-refractivity contribution is 5.93. The molecule has 1 heterocycles. The number of hydrogen-bond acceptors (Lipinski definition) is 4. The lowest BCUT2D eigenvalue weighted by Crippen LogP contribution is -2.42. The molecule has 0 bridgehead atoms. The van der Waals surface area contributed by atoms with Crippen LogP contribution in [0.2, 0.25) is 0 Å². The molecule has 1 fully saturated rings. The highest BCUT2D eigenvalue weighted by Gasteiger charge is 2.45. The Bertz CT molecular complexity index is 888. The number of nitrogens with zero attached hydrogens (tertiary/aromatic N) is 1. The monoisotopic (exact) mass is 348 g/mol. The van der Waals surface area contributed by atoms with E-state index in [9.17, 15) is 9.90 Å². The first-order chi connectivity index (χ1) is 12.7. The number of amides is 1. The number of carbonyl (C=O) groups is 1. The molecule has 26 heavy (non-hydrogen) atoms. The number of aromatic nitrogens is 1. The molecule has 0 saturated heterocycles. The molecule has 1 aliphatic rings. The summed E-state index contributed by atoms with van der Waals surface area (Å²) in [5.41, 5.74) is 0.837. The topological polar surface area (TPSA) is 75.4 Å². The van der Waals surface area contributed by atoms with Crippen molar-refractivity contribution < 1.29 is 14.4 Å². The Labute approximate surface area is 151 Å². The van der Waals surface area contributed by atoms with E-state index in [1.54, 1.807) is 6.07 Å². The SMILES string of the molecule is O=C(NCC(O)(c1ccccc1)C1CC1)c1cc(-c2ccccc2)on1. The average molecular weight is 348 g/mol. The maximum absolute atomic E-state index is 12.5. The number of hydrogen-bond donors (Lipinski definition) is 2. The molecule has 4 rings (SSSR count). The van der Waals surface area contributed by atoms with E-state index in [2.05, 4.69) is 10.5 Å². The summed E-state index contributed by atoms with van der Waals surface area (Å²) in [6.07, 6.45) is 1.92. The van der Waals surface area contributed by atoms with Crippen molar-refractivity contribution in [2.75, 3.05) is 6.54 Å². The van der Waals surface area contributed by atoms with Crippen LogP contribution < -0.4 is 5.32 Å². The molecule has 1 atom stereocenters. The second-order valence-electron chi connectivity index (χ2n) is 6.69. The summed E-state index contributed by atoms with van der Waals surface area (Å²) in [6.45, 7) is 0.147. The third kappa shape index (κ3) is 3.26. The van der Waals surface area contributed by atoms with Gasteiger partial charge in [0, 0.05) is 11.6 Å². The maximum Gasteiger partial charge on any atom is 0.273 e. The van der Waals surface area contributed by atoms with Crippen LogP contribution in [-0.4, -0.2) is 22.7 Å². The Morgan fingerprint density at radius 3 is 2.42 bits per heavy atom.